The molecule has 108 valence electrons. The highest BCUT2D eigenvalue weighted by atomic mass is 32.2. The normalized spacial score (nSPS) is 11.9. The van der Waals surface area contributed by atoms with Gasteiger partial charge < -0.3 is 9.73 Å². The Bertz CT molecular complexity index is 653. The van der Waals surface area contributed by atoms with E-state index in [1.165, 1.54) is 17.4 Å². The molecule has 2 heterocycles. The molecule has 0 radical (unpaired) electrons. The van der Waals surface area contributed by atoms with Gasteiger partial charge in [0.15, 0.2) is 0 Å². The van der Waals surface area contributed by atoms with Gasteiger partial charge in [-0.25, -0.2) is 8.42 Å². The highest BCUT2D eigenvalue weighted by Gasteiger charge is 2.24. The average molecular weight is 295 g/mol. The van der Waals surface area contributed by atoms with E-state index in [2.05, 4.69) is 10.3 Å². The third-order valence-corrected chi connectivity index (χ3v) is 4.48. The third-order valence-electron chi connectivity index (χ3n) is 2.81. The van der Waals surface area contributed by atoms with Crippen LogP contribution < -0.4 is 5.32 Å². The second-order valence-electron chi connectivity index (χ2n) is 4.37. The second-order valence-corrected chi connectivity index (χ2v) is 6.34. The molecular weight excluding hydrogens is 278 g/mol. The molecule has 0 bridgehead atoms. The van der Waals surface area contributed by atoms with Crippen LogP contribution in [0.1, 0.15) is 11.3 Å². The first kappa shape index (κ1) is 14.7. The van der Waals surface area contributed by atoms with Crippen LogP contribution >= 0.6 is 0 Å². The molecule has 0 spiro atoms. The van der Waals surface area contributed by atoms with Crippen LogP contribution in [-0.2, 0) is 23.1 Å². The Hall–Kier alpha value is -1.70. The van der Waals surface area contributed by atoms with Crippen molar-refractivity contribution in [1.29, 1.82) is 0 Å². The Labute approximate surface area is 118 Å². The topological polar surface area (TPSA) is 75.4 Å². The summed E-state index contributed by atoms with van der Waals surface area (Å²) < 4.78 is 31.3. The van der Waals surface area contributed by atoms with Gasteiger partial charge in [0.2, 0.25) is 5.09 Å². The van der Waals surface area contributed by atoms with Crippen LogP contribution in [0.3, 0.4) is 0 Å². The van der Waals surface area contributed by atoms with Crippen LogP contribution in [0.5, 0.6) is 0 Å². The minimum atomic E-state index is -3.62. The SMILES string of the molecule is CNCc1ccc(S(=O)(=O)N(C)Cc2ccncc2)o1. The minimum absolute atomic E-state index is 0.0423. The zero-order chi connectivity index (χ0) is 14.6. The van der Waals surface area contributed by atoms with Crippen LogP contribution in [0.15, 0.2) is 46.2 Å². The molecule has 0 aliphatic carbocycles. The molecule has 0 amide bonds. The van der Waals surface area contributed by atoms with Crippen LogP contribution in [-0.4, -0.2) is 31.8 Å². The van der Waals surface area contributed by atoms with Gasteiger partial charge in [-0.1, -0.05) is 0 Å². The summed E-state index contributed by atoms with van der Waals surface area (Å²) in [6.07, 6.45) is 3.27. The zero-order valence-electron chi connectivity index (χ0n) is 11.4. The highest BCUT2D eigenvalue weighted by Crippen LogP contribution is 2.19. The maximum Gasteiger partial charge on any atom is 0.276 e. The predicted molar refractivity (Wildman–Crippen MR) is 74.4 cm³/mol. The first-order valence-corrected chi connectivity index (χ1v) is 7.56. The standard InChI is InChI=1S/C13H17N3O3S/c1-14-9-12-3-4-13(19-12)20(17,18)16(2)10-11-5-7-15-8-6-11/h3-8,14H,9-10H2,1-2H3. The highest BCUT2D eigenvalue weighted by molar-refractivity contribution is 7.88. The van der Waals surface area contributed by atoms with Crippen LogP contribution in [0.25, 0.3) is 0 Å². The Morgan fingerprint density at radius 1 is 1.25 bits per heavy atom. The number of nitrogens with zero attached hydrogens (tertiary/aromatic N) is 2. The summed E-state index contributed by atoms with van der Waals surface area (Å²) in [5, 5.41) is 2.87. The summed E-state index contributed by atoms with van der Waals surface area (Å²) in [5.74, 6) is 0.586. The molecule has 2 rings (SSSR count). The molecule has 0 atom stereocenters. The van der Waals surface area contributed by atoms with Gasteiger partial charge in [0.05, 0.1) is 6.54 Å². The molecule has 7 heteroatoms. The van der Waals surface area contributed by atoms with Gasteiger partial charge in [-0.05, 0) is 36.9 Å². The quantitative estimate of drug-likeness (QED) is 0.867. The Kier molecular flexibility index (Phi) is 4.53. The van der Waals surface area contributed by atoms with Crippen LogP contribution in [0, 0.1) is 0 Å². The second kappa shape index (κ2) is 6.17. The maximum absolute atomic E-state index is 12.4. The van der Waals surface area contributed by atoms with E-state index in [1.54, 1.807) is 37.6 Å². The molecule has 0 unspecified atom stereocenters. The lowest BCUT2D eigenvalue weighted by molar-refractivity contribution is 0.382. The molecule has 0 aliphatic heterocycles. The summed E-state index contributed by atoms with van der Waals surface area (Å²) in [6.45, 7) is 0.760. The number of hydrogen-bond donors (Lipinski definition) is 1. The van der Waals surface area contributed by atoms with Gasteiger partial charge in [-0.3, -0.25) is 4.98 Å². The van der Waals surface area contributed by atoms with E-state index in [-0.39, 0.29) is 11.6 Å². The number of pyridine rings is 1. The van der Waals surface area contributed by atoms with E-state index in [9.17, 15) is 8.42 Å². The third kappa shape index (κ3) is 3.24. The van der Waals surface area contributed by atoms with Crippen molar-refractivity contribution in [2.45, 2.75) is 18.2 Å². The van der Waals surface area contributed by atoms with Crippen molar-refractivity contribution in [3.63, 3.8) is 0 Å². The van der Waals surface area contributed by atoms with Gasteiger partial charge >= 0.3 is 0 Å². The van der Waals surface area contributed by atoms with E-state index >= 15 is 0 Å². The van der Waals surface area contributed by atoms with Gasteiger partial charge in [0.25, 0.3) is 10.0 Å². The van der Waals surface area contributed by atoms with E-state index in [1.807, 2.05) is 0 Å². The van der Waals surface area contributed by atoms with Gasteiger partial charge in [-0.15, -0.1) is 0 Å². The van der Waals surface area contributed by atoms with Gasteiger partial charge in [0.1, 0.15) is 5.76 Å². The Balaban J connectivity index is 2.16. The number of sulfonamides is 1. The molecule has 6 nitrogen and oxygen atoms in total. The Morgan fingerprint density at radius 3 is 2.60 bits per heavy atom. The maximum atomic E-state index is 12.4. The van der Waals surface area contributed by atoms with E-state index in [0.29, 0.717) is 12.3 Å². The summed E-state index contributed by atoms with van der Waals surface area (Å²) in [6, 6.07) is 6.69. The fourth-order valence-corrected chi connectivity index (χ4v) is 2.83. The number of nitrogens with one attached hydrogen (secondary N) is 1. The van der Waals surface area contributed by atoms with E-state index in [0.717, 1.165) is 5.56 Å². The first-order chi connectivity index (χ1) is 9.54. The van der Waals surface area contributed by atoms with Crippen LogP contribution in [0.4, 0.5) is 0 Å². The largest absolute Gasteiger partial charge is 0.447 e. The van der Waals surface area contributed by atoms with Crippen molar-refractivity contribution >= 4 is 10.0 Å². The molecule has 0 aliphatic rings. The van der Waals surface area contributed by atoms with Crippen molar-refractivity contribution in [1.82, 2.24) is 14.6 Å². The number of furan rings is 1. The smallest absolute Gasteiger partial charge is 0.276 e. The van der Waals surface area contributed by atoms with E-state index < -0.39 is 10.0 Å². The predicted octanol–water partition coefficient (Wildman–Crippen LogP) is 1.21. The zero-order valence-corrected chi connectivity index (χ0v) is 12.2. The molecule has 2 aromatic heterocycles. The first-order valence-electron chi connectivity index (χ1n) is 6.12. The van der Waals surface area contributed by atoms with Gasteiger partial charge in [0, 0.05) is 26.0 Å². The van der Waals surface area contributed by atoms with Crippen molar-refractivity contribution in [3.05, 3.63) is 48.0 Å². The fraction of sp³-hybridized carbons (Fsp3) is 0.308. The molecule has 2 aromatic rings. The summed E-state index contributed by atoms with van der Waals surface area (Å²) >= 11 is 0. The summed E-state index contributed by atoms with van der Waals surface area (Å²) in [7, 11) is -0.322. The number of hydrogen-bond acceptors (Lipinski definition) is 5. The lowest BCUT2D eigenvalue weighted by Gasteiger charge is -2.15. The molecular formula is C13H17N3O3S. The van der Waals surface area contributed by atoms with Crippen molar-refractivity contribution in [3.8, 4) is 0 Å². The molecule has 0 aromatic carbocycles. The molecule has 20 heavy (non-hydrogen) atoms. The summed E-state index contributed by atoms with van der Waals surface area (Å²) in [4.78, 5) is 3.90. The van der Waals surface area contributed by atoms with Crippen molar-refractivity contribution in [2.24, 2.45) is 0 Å². The molecule has 0 saturated carbocycles. The van der Waals surface area contributed by atoms with Crippen molar-refractivity contribution in [2.75, 3.05) is 14.1 Å². The van der Waals surface area contributed by atoms with Crippen molar-refractivity contribution < 1.29 is 12.8 Å². The summed E-state index contributed by atoms with van der Waals surface area (Å²) in [5.41, 5.74) is 0.869. The van der Waals surface area contributed by atoms with E-state index in [4.69, 9.17) is 4.42 Å². The lowest BCUT2D eigenvalue weighted by atomic mass is 10.3. The monoisotopic (exact) mass is 295 g/mol. The Morgan fingerprint density at radius 2 is 1.95 bits per heavy atom. The van der Waals surface area contributed by atoms with Gasteiger partial charge in [-0.2, -0.15) is 4.31 Å². The number of rotatable bonds is 6. The fourth-order valence-electron chi connectivity index (χ4n) is 1.75. The lowest BCUT2D eigenvalue weighted by Crippen LogP contribution is -2.26. The minimum Gasteiger partial charge on any atom is -0.447 e. The molecule has 0 fully saturated rings. The molecule has 0 saturated heterocycles. The van der Waals surface area contributed by atoms with Crippen LogP contribution in [0.2, 0.25) is 0 Å². The number of aromatic nitrogens is 1. The molecule has 1 N–H and O–H groups in total. The average Bonchev–Trinajstić information content (AvgIpc) is 2.89.